The van der Waals surface area contributed by atoms with E-state index in [9.17, 15) is 33.6 Å². The van der Waals surface area contributed by atoms with Crippen LogP contribution in [0.15, 0.2) is 72.9 Å². The highest BCUT2D eigenvalue weighted by atomic mass is 35.5. The number of nitrogens with one attached hydrogen (secondary N) is 5. The van der Waals surface area contributed by atoms with Gasteiger partial charge in [0.05, 0.1) is 48.6 Å². The van der Waals surface area contributed by atoms with Gasteiger partial charge in [0, 0.05) is 72.2 Å². The zero-order chi connectivity index (χ0) is 51.3. The van der Waals surface area contributed by atoms with Crippen LogP contribution in [0.4, 0.5) is 21.6 Å². The zero-order valence-corrected chi connectivity index (χ0v) is 41.5. The lowest BCUT2D eigenvalue weighted by Crippen LogP contribution is -2.60. The fourth-order valence-corrected chi connectivity index (χ4v) is 11.6. The molecule has 5 aliphatic rings. The van der Waals surface area contributed by atoms with E-state index in [1.807, 2.05) is 0 Å². The van der Waals surface area contributed by atoms with Crippen LogP contribution in [0.5, 0.6) is 0 Å². The molecular formula is C53H56Cl2FN7O10. The number of hydrogen-bond acceptors (Lipinski definition) is 13. The van der Waals surface area contributed by atoms with E-state index in [1.165, 1.54) is 12.3 Å². The summed E-state index contributed by atoms with van der Waals surface area (Å²) in [6.07, 6.45) is 7.41. The van der Waals surface area contributed by atoms with Crippen molar-refractivity contribution < 1.29 is 52.2 Å². The second-order valence-corrected chi connectivity index (χ2v) is 19.8. The highest BCUT2D eigenvalue weighted by molar-refractivity contribution is 6.31. The molecule has 2 saturated heterocycles. The molecule has 3 aromatic carbocycles. The summed E-state index contributed by atoms with van der Waals surface area (Å²) in [6, 6.07) is 15.8. The molecule has 20 heteroatoms. The molecule has 1 aliphatic carbocycles. The van der Waals surface area contributed by atoms with Crippen molar-refractivity contribution in [3.63, 3.8) is 0 Å². The van der Waals surface area contributed by atoms with Gasteiger partial charge in [-0.25, -0.2) is 9.37 Å². The second-order valence-electron chi connectivity index (χ2n) is 18.9. The van der Waals surface area contributed by atoms with E-state index in [-0.39, 0.29) is 58.5 Å². The monoisotopic (exact) mass is 1040 g/mol. The minimum atomic E-state index is -1.37. The Morgan fingerprint density at radius 2 is 1.56 bits per heavy atom. The molecule has 1 unspecified atom stereocenters. The smallest absolute Gasteiger partial charge is 0.264 e. The number of aromatic nitrogens is 1. The van der Waals surface area contributed by atoms with Gasteiger partial charge in [-0.2, -0.15) is 0 Å². The maximum absolute atomic E-state index is 16.2. The number of Topliss-reactive ketones (excluding diaryl/α,β-unsaturated/α-hetero) is 1. The fraction of sp³-hybridized carbons (Fsp3) is 0.434. The number of ketones is 1. The summed E-state index contributed by atoms with van der Waals surface area (Å²) in [7, 11) is 0. The molecule has 4 aliphatic heterocycles. The Balaban J connectivity index is 0.677. The summed E-state index contributed by atoms with van der Waals surface area (Å²) in [6.45, 7) is 2.83. The Labute approximate surface area is 430 Å². The van der Waals surface area contributed by atoms with Crippen LogP contribution in [0.25, 0.3) is 0 Å². The highest BCUT2D eigenvalue weighted by Gasteiger charge is 2.72. The first kappa shape index (κ1) is 51.7. The molecule has 9 rings (SSSR count). The Hall–Kier alpha value is -6.15. The number of imide groups is 2. The number of carbonyl (C=O) groups excluding carboxylic acids is 7. The van der Waals surface area contributed by atoms with Crippen molar-refractivity contribution in [3.05, 3.63) is 117 Å². The van der Waals surface area contributed by atoms with Crippen molar-refractivity contribution in [2.45, 2.75) is 99.6 Å². The zero-order valence-electron chi connectivity index (χ0n) is 40.0. The number of benzene rings is 3. The van der Waals surface area contributed by atoms with Gasteiger partial charge in [0.2, 0.25) is 23.6 Å². The first-order valence-corrected chi connectivity index (χ1v) is 25.5. The van der Waals surface area contributed by atoms with Crippen molar-refractivity contribution in [3.8, 4) is 0 Å². The summed E-state index contributed by atoms with van der Waals surface area (Å²) in [4.78, 5) is 97.8. The number of nitrogens with zero attached hydrogens (tertiary/aromatic N) is 2. The van der Waals surface area contributed by atoms with Gasteiger partial charge in [0.25, 0.3) is 11.8 Å². The van der Waals surface area contributed by atoms with Crippen LogP contribution < -0.4 is 26.6 Å². The van der Waals surface area contributed by atoms with E-state index < -0.39 is 64.3 Å². The van der Waals surface area contributed by atoms with Crippen molar-refractivity contribution in [2.75, 3.05) is 62.1 Å². The summed E-state index contributed by atoms with van der Waals surface area (Å²) in [5, 5.41) is 15.2. The number of fused-ring (bicyclic) bond motifs is 4. The Morgan fingerprint density at radius 3 is 2.30 bits per heavy atom. The van der Waals surface area contributed by atoms with Crippen LogP contribution in [0.1, 0.15) is 119 Å². The standard InChI is InChI=1S/C53H56Cl2FN7O10/c54-32-15-16-35-38(29-32)59-51(70)53(35)44(34-10-6-11-36(55)45(34)56)46(62-52(53)20-3-1-4-21-52)48(67)60-41-18-14-31(30-58-41)40(64)13-2-5-23-71-25-27-73-28-26-72-24-8-22-57-37-12-7-9-33-43(37)50(69)63(49(33)68)39-17-19-42(65)61-47(39)66/h6-7,9-12,14-16,18,29-30,39,44,46,57,62H,1-5,8,13,17,19-28H2,(H,59,70)(H,58,60,67)(H,61,65,66)/t39?,44-,46+,53+/m0/s1. The molecule has 1 saturated carbocycles. The van der Waals surface area contributed by atoms with Crippen LogP contribution in [-0.4, -0.2) is 115 Å². The molecule has 17 nitrogen and oxygen atoms in total. The summed E-state index contributed by atoms with van der Waals surface area (Å²) < 4.78 is 33.2. The number of anilines is 3. The van der Waals surface area contributed by atoms with Crippen molar-refractivity contribution in [1.82, 2.24) is 20.5 Å². The molecule has 3 fully saturated rings. The van der Waals surface area contributed by atoms with Gasteiger partial charge in [0.1, 0.15) is 23.1 Å². The molecular weight excluding hydrogens is 985 g/mol. The fourth-order valence-electron chi connectivity index (χ4n) is 11.3. The highest BCUT2D eigenvalue weighted by Crippen LogP contribution is 2.63. The lowest BCUT2D eigenvalue weighted by molar-refractivity contribution is -0.136. The molecule has 0 bridgehead atoms. The van der Waals surface area contributed by atoms with Crippen molar-refractivity contribution in [1.29, 1.82) is 0 Å². The number of piperidine rings is 1. The third-order valence-corrected chi connectivity index (χ3v) is 15.1. The number of carbonyl (C=O) groups is 7. The third kappa shape index (κ3) is 10.2. The van der Waals surface area contributed by atoms with E-state index in [0.29, 0.717) is 106 Å². The first-order chi connectivity index (χ1) is 35.3. The third-order valence-electron chi connectivity index (χ3n) is 14.6. The van der Waals surface area contributed by atoms with Crippen LogP contribution in [-0.2, 0) is 38.8 Å². The number of hydrogen-bond donors (Lipinski definition) is 5. The predicted octanol–water partition coefficient (Wildman–Crippen LogP) is 7.12. The summed E-state index contributed by atoms with van der Waals surface area (Å²) in [5.41, 5.74) is 0.345. The van der Waals surface area contributed by atoms with E-state index in [1.54, 1.807) is 60.7 Å². The van der Waals surface area contributed by atoms with Gasteiger partial charge in [0.15, 0.2) is 5.78 Å². The van der Waals surface area contributed by atoms with Gasteiger partial charge in [-0.1, -0.05) is 66.7 Å². The topological polar surface area (TPSA) is 223 Å². The molecule has 2 spiro atoms. The summed E-state index contributed by atoms with van der Waals surface area (Å²) in [5.74, 6) is -4.67. The number of pyridine rings is 1. The van der Waals surface area contributed by atoms with Crippen LogP contribution in [0.2, 0.25) is 10.0 Å². The van der Waals surface area contributed by atoms with Crippen LogP contribution in [0.3, 0.4) is 0 Å². The number of rotatable bonds is 21. The van der Waals surface area contributed by atoms with Gasteiger partial charge >= 0.3 is 0 Å². The maximum atomic E-state index is 16.2. The molecule has 0 radical (unpaired) electrons. The number of ether oxygens (including phenoxy) is 3. The van der Waals surface area contributed by atoms with Gasteiger partial charge in [-0.15, -0.1) is 0 Å². The Morgan fingerprint density at radius 1 is 0.822 bits per heavy atom. The largest absolute Gasteiger partial charge is 0.384 e. The predicted molar refractivity (Wildman–Crippen MR) is 268 cm³/mol. The normalized spacial score (nSPS) is 21.9. The van der Waals surface area contributed by atoms with Crippen LogP contribution in [0, 0.1) is 5.82 Å². The summed E-state index contributed by atoms with van der Waals surface area (Å²) >= 11 is 12.8. The van der Waals surface area contributed by atoms with E-state index in [0.717, 1.165) is 24.2 Å². The molecule has 4 atom stereocenters. The quantitative estimate of drug-likeness (QED) is 0.0319. The van der Waals surface area contributed by atoms with Gasteiger partial charge < -0.3 is 30.2 Å². The van der Waals surface area contributed by atoms with Gasteiger partial charge in [-0.3, -0.25) is 49.1 Å². The second kappa shape index (κ2) is 22.5. The minimum absolute atomic E-state index is 0.0494. The lowest BCUT2D eigenvalue weighted by Gasteiger charge is -2.47. The average molecular weight is 1040 g/mol. The molecule has 1 aromatic heterocycles. The molecule has 5 N–H and O–H groups in total. The SMILES string of the molecule is O=C1CCC(N2C(=O)c3cccc(NCCCOCCOCCOCCCCC(=O)c4ccc(NC(=O)[C@@H]5NC6(CCCCC6)[C@@]6(C(=O)Nc7cc(Cl)ccc76)[C@H]5c5cccc(Cl)c5F)nc4)c3C2=O)C(=O)N1. The molecule has 73 heavy (non-hydrogen) atoms. The molecule has 5 heterocycles. The van der Waals surface area contributed by atoms with Crippen LogP contribution >= 0.6 is 23.2 Å². The van der Waals surface area contributed by atoms with Crippen molar-refractivity contribution >= 4 is 81.6 Å². The minimum Gasteiger partial charge on any atom is -0.384 e. The van der Waals surface area contributed by atoms with Crippen molar-refractivity contribution in [2.24, 2.45) is 0 Å². The number of halogens is 3. The molecule has 4 aromatic rings. The van der Waals surface area contributed by atoms with E-state index >= 15 is 4.39 Å². The average Bonchev–Trinajstić information content (AvgIpc) is 3.97. The number of unbranched alkanes of at least 4 members (excludes halogenated alkanes) is 1. The Kier molecular flexibility index (Phi) is 16.0. The van der Waals surface area contributed by atoms with E-state index in [2.05, 4.69) is 31.6 Å². The number of amides is 6. The lowest BCUT2D eigenvalue weighted by atomic mass is 9.55. The van der Waals surface area contributed by atoms with Gasteiger partial charge in [-0.05, 0) is 92.1 Å². The van der Waals surface area contributed by atoms with E-state index in [4.69, 9.17) is 37.4 Å². The molecule has 384 valence electrons. The first-order valence-electron chi connectivity index (χ1n) is 24.8. The Bertz CT molecular complexity index is 2810. The molecule has 6 amide bonds. The maximum Gasteiger partial charge on any atom is 0.264 e.